The number of aryl methyl sites for hydroxylation is 1. The van der Waals surface area contributed by atoms with E-state index in [-0.39, 0.29) is 11.9 Å². The number of nitrogen functional groups attached to an aromatic ring is 1. The molecule has 3 amide bonds. The second-order valence-corrected chi connectivity index (χ2v) is 8.61. The molecule has 0 spiro atoms. The Labute approximate surface area is 177 Å². The highest BCUT2D eigenvalue weighted by Gasteiger charge is 2.37. The number of imide groups is 1. The van der Waals surface area contributed by atoms with Crippen LogP contribution in [0.3, 0.4) is 0 Å². The number of aromatic amines is 1. The van der Waals surface area contributed by atoms with Crippen molar-refractivity contribution in [2.24, 2.45) is 0 Å². The van der Waals surface area contributed by atoms with Gasteiger partial charge in [0.25, 0.3) is 5.91 Å². The molecule has 4 rings (SSSR count). The molecule has 1 saturated heterocycles. The number of nitrogens with two attached hydrogens (primary N) is 1. The number of amides is 3. The van der Waals surface area contributed by atoms with Crippen LogP contribution in [0.25, 0.3) is 10.9 Å². The molecule has 0 bridgehead atoms. The van der Waals surface area contributed by atoms with Crippen molar-refractivity contribution in [2.45, 2.75) is 24.3 Å². The Morgan fingerprint density at radius 1 is 1.24 bits per heavy atom. The summed E-state index contributed by atoms with van der Waals surface area (Å²) in [7, 11) is 0. The summed E-state index contributed by atoms with van der Waals surface area (Å²) in [6.07, 6.45) is 2.26. The molecule has 2 heterocycles. The Morgan fingerprint density at radius 2 is 2.07 bits per heavy atom. The number of carbonyl (C=O) groups excluding carboxylic acids is 2. The van der Waals surface area contributed by atoms with Crippen molar-refractivity contribution in [3.8, 4) is 0 Å². The highest BCUT2D eigenvalue weighted by Crippen LogP contribution is 2.27. The van der Waals surface area contributed by atoms with Gasteiger partial charge in [-0.15, -0.1) is 11.8 Å². The highest BCUT2D eigenvalue weighted by molar-refractivity contribution is 7.99. The first-order chi connectivity index (χ1) is 13.9. The van der Waals surface area contributed by atoms with Crippen molar-refractivity contribution in [1.82, 2.24) is 15.2 Å². The topological polar surface area (TPSA) is 91.2 Å². The van der Waals surface area contributed by atoms with Crippen LogP contribution < -0.4 is 11.1 Å². The van der Waals surface area contributed by atoms with Gasteiger partial charge in [-0.1, -0.05) is 29.8 Å². The number of halogens is 1. The van der Waals surface area contributed by atoms with Crippen molar-refractivity contribution >= 4 is 51.9 Å². The Morgan fingerprint density at radius 3 is 2.86 bits per heavy atom. The summed E-state index contributed by atoms with van der Waals surface area (Å²) in [6, 6.07) is 10.6. The normalized spacial score (nSPS) is 16.6. The van der Waals surface area contributed by atoms with Gasteiger partial charge in [-0.05, 0) is 36.2 Å². The average molecular weight is 429 g/mol. The van der Waals surface area contributed by atoms with Gasteiger partial charge in [0.15, 0.2) is 0 Å². The number of benzene rings is 2. The van der Waals surface area contributed by atoms with E-state index in [1.165, 1.54) is 4.90 Å². The number of anilines is 1. The monoisotopic (exact) mass is 428 g/mol. The van der Waals surface area contributed by atoms with Gasteiger partial charge in [0.1, 0.15) is 6.04 Å². The maximum absolute atomic E-state index is 12.8. The minimum Gasteiger partial charge on any atom is -0.398 e. The van der Waals surface area contributed by atoms with Crippen molar-refractivity contribution in [2.75, 3.05) is 18.0 Å². The van der Waals surface area contributed by atoms with Gasteiger partial charge >= 0.3 is 6.03 Å². The molecule has 1 aromatic heterocycles. The van der Waals surface area contributed by atoms with E-state index < -0.39 is 6.04 Å². The predicted octanol–water partition coefficient (Wildman–Crippen LogP) is 3.97. The molecule has 150 valence electrons. The largest absolute Gasteiger partial charge is 0.398 e. The van der Waals surface area contributed by atoms with Crippen LogP contribution in [0.5, 0.6) is 0 Å². The Kier molecular flexibility index (Phi) is 5.43. The van der Waals surface area contributed by atoms with Crippen LogP contribution in [-0.2, 0) is 11.2 Å². The number of hydrogen-bond acceptors (Lipinski definition) is 4. The number of nitrogens with zero attached hydrogens (tertiary/aromatic N) is 1. The van der Waals surface area contributed by atoms with Crippen molar-refractivity contribution in [3.05, 3.63) is 58.7 Å². The highest BCUT2D eigenvalue weighted by atomic mass is 35.5. The number of aromatic nitrogens is 1. The minimum atomic E-state index is -0.569. The maximum Gasteiger partial charge on any atom is 0.324 e. The lowest BCUT2D eigenvalue weighted by atomic mass is 10.1. The number of para-hydroxylation sites is 1. The van der Waals surface area contributed by atoms with Crippen molar-refractivity contribution in [1.29, 1.82) is 0 Å². The van der Waals surface area contributed by atoms with Gasteiger partial charge in [0, 0.05) is 40.9 Å². The van der Waals surface area contributed by atoms with Gasteiger partial charge in [-0.3, -0.25) is 9.69 Å². The van der Waals surface area contributed by atoms with E-state index in [0.717, 1.165) is 32.6 Å². The lowest BCUT2D eigenvalue weighted by molar-refractivity contribution is -0.127. The molecule has 3 aromatic rings. The molecule has 0 aliphatic carbocycles. The molecule has 2 aromatic carbocycles. The zero-order valence-electron chi connectivity index (χ0n) is 15.9. The molecule has 8 heteroatoms. The summed E-state index contributed by atoms with van der Waals surface area (Å²) >= 11 is 7.77. The van der Waals surface area contributed by atoms with Crippen LogP contribution in [0.15, 0.2) is 47.5 Å². The third-order valence-corrected chi connectivity index (χ3v) is 6.40. The third kappa shape index (κ3) is 3.93. The van der Waals surface area contributed by atoms with Crippen LogP contribution in [0, 0.1) is 6.92 Å². The first-order valence-corrected chi connectivity index (χ1v) is 10.7. The molecule has 0 saturated carbocycles. The van der Waals surface area contributed by atoms with Gasteiger partial charge in [0.2, 0.25) is 0 Å². The molecule has 1 atom stereocenters. The van der Waals surface area contributed by atoms with Crippen molar-refractivity contribution in [3.63, 3.8) is 0 Å². The molecule has 1 fully saturated rings. The van der Waals surface area contributed by atoms with E-state index >= 15 is 0 Å². The number of urea groups is 1. The number of rotatable bonds is 6. The Bertz CT molecular complexity index is 1100. The summed E-state index contributed by atoms with van der Waals surface area (Å²) in [5.41, 5.74) is 9.50. The Hall–Kier alpha value is -2.64. The molecular weight excluding hydrogens is 408 g/mol. The minimum absolute atomic E-state index is 0.199. The molecule has 1 aliphatic rings. The fraction of sp³-hybridized carbons (Fsp3) is 0.238. The van der Waals surface area contributed by atoms with E-state index in [9.17, 15) is 9.59 Å². The number of H-pyrrole nitrogens is 1. The third-order valence-electron chi connectivity index (χ3n) is 5.12. The molecule has 1 unspecified atom stereocenters. The van der Waals surface area contributed by atoms with Crippen LogP contribution >= 0.6 is 23.4 Å². The lowest BCUT2D eigenvalue weighted by Gasteiger charge is -2.13. The molecule has 0 radical (unpaired) electrons. The fourth-order valence-corrected chi connectivity index (χ4v) is 4.57. The molecule has 6 nitrogen and oxygen atoms in total. The van der Waals surface area contributed by atoms with E-state index in [0.29, 0.717) is 23.7 Å². The van der Waals surface area contributed by atoms with E-state index in [1.807, 2.05) is 49.5 Å². The SMILES string of the molecule is Cc1ccc(SCCN2C(=O)NC(Cc3c[nH]c4c(Cl)cccc34)C2=O)cc1N. The maximum atomic E-state index is 12.8. The molecule has 1 aliphatic heterocycles. The summed E-state index contributed by atoms with van der Waals surface area (Å²) < 4.78 is 0. The number of carbonyl (C=O) groups is 2. The first kappa shape index (κ1) is 19.7. The lowest BCUT2D eigenvalue weighted by Crippen LogP contribution is -2.34. The number of thioether (sulfide) groups is 1. The number of nitrogens with one attached hydrogen (secondary N) is 2. The van der Waals surface area contributed by atoms with Gasteiger partial charge in [-0.25, -0.2) is 4.79 Å². The van der Waals surface area contributed by atoms with Gasteiger partial charge < -0.3 is 16.0 Å². The van der Waals surface area contributed by atoms with Crippen LogP contribution in [0.4, 0.5) is 10.5 Å². The van der Waals surface area contributed by atoms with Crippen LogP contribution in [-0.4, -0.2) is 40.2 Å². The van der Waals surface area contributed by atoms with Crippen LogP contribution in [0.2, 0.25) is 5.02 Å². The second kappa shape index (κ2) is 8.00. The molecule has 29 heavy (non-hydrogen) atoms. The summed E-state index contributed by atoms with van der Waals surface area (Å²) in [4.78, 5) is 30.5. The zero-order chi connectivity index (χ0) is 20.5. The van der Waals surface area contributed by atoms with E-state index in [4.69, 9.17) is 17.3 Å². The van der Waals surface area contributed by atoms with Gasteiger partial charge in [0.05, 0.1) is 10.5 Å². The zero-order valence-corrected chi connectivity index (χ0v) is 17.4. The smallest absolute Gasteiger partial charge is 0.324 e. The number of fused-ring (bicyclic) bond motifs is 1. The number of hydrogen-bond donors (Lipinski definition) is 3. The second-order valence-electron chi connectivity index (χ2n) is 7.04. The van der Waals surface area contributed by atoms with E-state index in [1.54, 1.807) is 11.8 Å². The molecule has 4 N–H and O–H groups in total. The summed E-state index contributed by atoms with van der Waals surface area (Å²) in [5.74, 6) is 0.410. The quantitative estimate of drug-likeness (QED) is 0.315. The standard InChI is InChI=1S/C21H21ClN4O2S/c1-12-5-6-14(10-17(12)23)29-8-7-26-20(27)18(25-21(26)28)9-13-11-24-19-15(13)3-2-4-16(19)22/h2-6,10-11,18,24H,7-9,23H2,1H3,(H,25,28). The summed E-state index contributed by atoms with van der Waals surface area (Å²) in [5, 5.41) is 4.39. The fourth-order valence-electron chi connectivity index (χ4n) is 3.45. The van der Waals surface area contributed by atoms with E-state index in [2.05, 4.69) is 10.3 Å². The van der Waals surface area contributed by atoms with Crippen LogP contribution in [0.1, 0.15) is 11.1 Å². The Balaban J connectivity index is 1.39. The first-order valence-electron chi connectivity index (χ1n) is 9.29. The molecular formula is C21H21ClN4O2S. The van der Waals surface area contributed by atoms with Crippen molar-refractivity contribution < 1.29 is 9.59 Å². The predicted molar refractivity (Wildman–Crippen MR) is 117 cm³/mol. The average Bonchev–Trinajstić information content (AvgIpc) is 3.22. The summed E-state index contributed by atoms with van der Waals surface area (Å²) in [6.45, 7) is 2.30. The van der Waals surface area contributed by atoms with Gasteiger partial charge in [-0.2, -0.15) is 0 Å².